The molecule has 2 aliphatic rings. The number of amides is 5. The number of hydrogen-bond donors (Lipinski definition) is 6. The first-order valence-electron chi connectivity index (χ1n) is 20.5. The molecule has 2 fully saturated rings. The van der Waals surface area contributed by atoms with Crippen LogP contribution in [0.4, 0.5) is 4.79 Å². The van der Waals surface area contributed by atoms with Gasteiger partial charge in [-0.3, -0.25) is 24.0 Å². The number of fused-ring (bicyclic) bond motifs is 1. The average molecular weight is 827 g/mol. The molecule has 320 valence electrons. The van der Waals surface area contributed by atoms with Crippen LogP contribution in [0.2, 0.25) is 0 Å². The van der Waals surface area contributed by atoms with Gasteiger partial charge in [0.05, 0.1) is 41.3 Å². The van der Waals surface area contributed by atoms with Gasteiger partial charge in [0.1, 0.15) is 24.3 Å². The van der Waals surface area contributed by atoms with E-state index in [0.29, 0.717) is 41.6 Å². The lowest BCUT2D eigenvalue weighted by Gasteiger charge is -2.32. The standard InChI is InChI=1S/C42H54N10O8/c1-42(2,59)35-22-47-50-52(35)29-21-34(39(56)48-31(36(53)37(43)54)15-9-10-18-44-41(58)60-24-27-13-7-4-8-14-27)51(23-29)40(57)33(19-26-11-5-3-6-12-26)49-38(55)28-16-17-30-32(20-28)46-25-45-30/h4,7-8,13-14,16-17,20,22,25-26,29,31,33-34,59H,3,5-6,9-12,15,18-19,21,23-24H2,1-2H3,(H2,43,54)(H,44,58)(H,45,46)(H,48,56)(H,49,55)/t29-,31?,33+,34-/m0/s1. The molecule has 1 unspecified atom stereocenters. The quantitative estimate of drug-likeness (QED) is 0.0628. The first-order chi connectivity index (χ1) is 28.8. The Morgan fingerprint density at radius 2 is 1.77 bits per heavy atom. The number of aromatic amines is 1. The zero-order valence-electron chi connectivity index (χ0n) is 34.0. The molecule has 4 atom stereocenters. The Bertz CT molecular complexity index is 2140. The van der Waals surface area contributed by atoms with E-state index in [1.165, 1.54) is 22.1 Å². The molecule has 1 aliphatic heterocycles. The fourth-order valence-electron chi connectivity index (χ4n) is 8.08. The van der Waals surface area contributed by atoms with E-state index in [-0.39, 0.29) is 38.5 Å². The molecule has 4 aromatic rings. The molecule has 6 rings (SSSR count). The van der Waals surface area contributed by atoms with Gasteiger partial charge in [0, 0.05) is 25.1 Å². The van der Waals surface area contributed by atoms with Crippen LogP contribution >= 0.6 is 0 Å². The molecule has 2 aromatic heterocycles. The second-order valence-corrected chi connectivity index (χ2v) is 16.2. The molecule has 5 amide bonds. The van der Waals surface area contributed by atoms with Crippen molar-refractivity contribution in [2.75, 3.05) is 13.1 Å². The number of ketones is 1. The van der Waals surface area contributed by atoms with Crippen LogP contribution in [0.5, 0.6) is 0 Å². The molecular formula is C42H54N10O8. The molecule has 3 heterocycles. The molecule has 60 heavy (non-hydrogen) atoms. The van der Waals surface area contributed by atoms with Gasteiger partial charge >= 0.3 is 6.09 Å². The number of alkyl carbamates (subject to hydrolysis) is 1. The highest BCUT2D eigenvalue weighted by atomic mass is 16.5. The van der Waals surface area contributed by atoms with Crippen LogP contribution in [0, 0.1) is 5.92 Å². The van der Waals surface area contributed by atoms with E-state index in [1.807, 2.05) is 30.3 Å². The maximum absolute atomic E-state index is 14.9. The van der Waals surface area contributed by atoms with Gasteiger partial charge in [0.25, 0.3) is 11.8 Å². The minimum atomic E-state index is -1.36. The molecule has 0 spiro atoms. The van der Waals surface area contributed by atoms with E-state index in [0.717, 1.165) is 37.7 Å². The van der Waals surface area contributed by atoms with Crippen LogP contribution in [0.15, 0.2) is 61.1 Å². The van der Waals surface area contributed by atoms with E-state index >= 15 is 0 Å². The van der Waals surface area contributed by atoms with Crippen LogP contribution in [0.1, 0.15) is 106 Å². The normalized spacial score (nSPS) is 18.1. The SMILES string of the molecule is CC(C)(O)c1cnnn1[C@H]1C[C@@H](C(=O)NC(CCCCNC(=O)OCc2ccccc2)C(=O)C(N)=O)N(C(=O)[C@@H](CC2CCCCC2)NC(=O)c2ccc3nc[nH]c3c2)C1. The third kappa shape index (κ3) is 11.1. The molecule has 0 bridgehead atoms. The minimum Gasteiger partial charge on any atom is -0.445 e. The maximum Gasteiger partial charge on any atom is 0.407 e. The summed E-state index contributed by atoms with van der Waals surface area (Å²) in [7, 11) is 0. The predicted octanol–water partition coefficient (Wildman–Crippen LogP) is 2.93. The molecule has 2 aromatic carbocycles. The number of unbranched alkanes of at least 4 members (excludes halogenated alkanes) is 1. The lowest BCUT2D eigenvalue weighted by Crippen LogP contribution is -2.56. The molecule has 18 heteroatoms. The summed E-state index contributed by atoms with van der Waals surface area (Å²) in [5.74, 6) is -3.75. The number of likely N-dealkylation sites (tertiary alicyclic amines) is 1. The number of aromatic nitrogens is 5. The Morgan fingerprint density at radius 3 is 2.50 bits per heavy atom. The summed E-state index contributed by atoms with van der Waals surface area (Å²) >= 11 is 0. The molecule has 7 N–H and O–H groups in total. The van der Waals surface area contributed by atoms with Gasteiger partial charge in [0.15, 0.2) is 0 Å². The number of nitrogens with zero attached hydrogens (tertiary/aromatic N) is 5. The average Bonchev–Trinajstić information content (AvgIpc) is 4.02. The molecule has 0 radical (unpaired) electrons. The zero-order valence-corrected chi connectivity index (χ0v) is 34.0. The Kier molecular flexibility index (Phi) is 14.3. The van der Waals surface area contributed by atoms with Crippen LogP contribution in [-0.4, -0.2) is 102 Å². The van der Waals surface area contributed by atoms with Gasteiger partial charge in [-0.15, -0.1) is 5.10 Å². The number of Topliss-reactive ketones (excluding diaryl/α,β-unsaturated/α-hetero) is 1. The van der Waals surface area contributed by atoms with E-state index in [2.05, 4.69) is 36.2 Å². The number of aliphatic hydroxyl groups is 1. The van der Waals surface area contributed by atoms with E-state index in [1.54, 1.807) is 32.0 Å². The smallest absolute Gasteiger partial charge is 0.407 e. The highest BCUT2D eigenvalue weighted by Crippen LogP contribution is 2.33. The van der Waals surface area contributed by atoms with Crippen molar-refractivity contribution >= 4 is 46.5 Å². The zero-order chi connectivity index (χ0) is 42.8. The second kappa shape index (κ2) is 19.7. The number of imidazole rings is 1. The van der Waals surface area contributed by atoms with Crippen molar-refractivity contribution in [2.45, 2.75) is 114 Å². The van der Waals surface area contributed by atoms with Gasteiger partial charge < -0.3 is 41.4 Å². The highest BCUT2D eigenvalue weighted by molar-refractivity contribution is 6.37. The molecule has 1 saturated heterocycles. The van der Waals surface area contributed by atoms with Crippen LogP contribution in [0.25, 0.3) is 11.0 Å². The number of nitrogens with one attached hydrogen (secondary N) is 4. The summed E-state index contributed by atoms with van der Waals surface area (Å²) in [5.41, 5.74) is 6.91. The maximum atomic E-state index is 14.9. The van der Waals surface area contributed by atoms with Gasteiger partial charge in [-0.2, -0.15) is 0 Å². The summed E-state index contributed by atoms with van der Waals surface area (Å²) in [6.07, 6.45) is 8.30. The topological polar surface area (TPSA) is 257 Å². The third-order valence-electron chi connectivity index (χ3n) is 11.3. The van der Waals surface area contributed by atoms with Crippen molar-refractivity contribution < 1.29 is 38.6 Å². The van der Waals surface area contributed by atoms with Crippen LogP contribution in [0.3, 0.4) is 0 Å². The van der Waals surface area contributed by atoms with Gasteiger partial charge in [-0.05, 0) is 69.2 Å². The van der Waals surface area contributed by atoms with Gasteiger partial charge in [0.2, 0.25) is 17.6 Å². The number of benzene rings is 2. The first kappa shape index (κ1) is 43.4. The van der Waals surface area contributed by atoms with Crippen molar-refractivity contribution in [3.63, 3.8) is 0 Å². The molecule has 1 saturated carbocycles. The highest BCUT2D eigenvalue weighted by Gasteiger charge is 2.45. The number of carbonyl (C=O) groups is 6. The summed E-state index contributed by atoms with van der Waals surface area (Å²) in [6.45, 7) is 3.42. The van der Waals surface area contributed by atoms with Crippen LogP contribution < -0.4 is 21.7 Å². The number of ether oxygens (including phenoxy) is 1. The monoisotopic (exact) mass is 826 g/mol. The summed E-state index contributed by atoms with van der Waals surface area (Å²) in [5, 5.41) is 27.5. The number of H-pyrrole nitrogens is 1. The minimum absolute atomic E-state index is 0.0192. The first-order valence-corrected chi connectivity index (χ1v) is 20.5. The number of primary amides is 1. The Morgan fingerprint density at radius 1 is 1.00 bits per heavy atom. The second-order valence-electron chi connectivity index (χ2n) is 16.2. The van der Waals surface area contributed by atoms with Crippen molar-refractivity contribution in [3.05, 3.63) is 77.9 Å². The summed E-state index contributed by atoms with van der Waals surface area (Å²) in [6, 6.07) is 10.1. The fraction of sp³-hybridized carbons (Fsp3) is 0.500. The van der Waals surface area contributed by atoms with E-state index < -0.39 is 65.3 Å². The summed E-state index contributed by atoms with van der Waals surface area (Å²) < 4.78 is 6.73. The van der Waals surface area contributed by atoms with E-state index in [9.17, 15) is 33.9 Å². The largest absolute Gasteiger partial charge is 0.445 e. The number of rotatable bonds is 18. The van der Waals surface area contributed by atoms with Crippen molar-refractivity contribution in [1.29, 1.82) is 0 Å². The van der Waals surface area contributed by atoms with Gasteiger partial charge in [-0.1, -0.05) is 67.6 Å². The lowest BCUT2D eigenvalue weighted by atomic mass is 9.84. The Balaban J connectivity index is 1.19. The van der Waals surface area contributed by atoms with E-state index in [4.69, 9.17) is 10.5 Å². The predicted molar refractivity (Wildman–Crippen MR) is 218 cm³/mol. The Labute approximate surface area is 347 Å². The lowest BCUT2D eigenvalue weighted by molar-refractivity contribution is -0.142. The molecular weight excluding hydrogens is 773 g/mol. The van der Waals surface area contributed by atoms with Crippen molar-refractivity contribution in [2.24, 2.45) is 11.7 Å². The Hall–Kier alpha value is -6.17. The molecule has 1 aliphatic carbocycles. The van der Waals surface area contributed by atoms with Crippen molar-refractivity contribution in [1.82, 2.24) is 45.8 Å². The van der Waals surface area contributed by atoms with Gasteiger partial charge in [-0.25, -0.2) is 14.5 Å². The van der Waals surface area contributed by atoms with Crippen molar-refractivity contribution in [3.8, 4) is 0 Å². The number of hydrogen-bond acceptors (Lipinski definition) is 11. The van der Waals surface area contributed by atoms with Crippen LogP contribution in [-0.2, 0) is 36.1 Å². The summed E-state index contributed by atoms with van der Waals surface area (Å²) in [4.78, 5) is 89.1. The molecule has 18 nitrogen and oxygen atoms in total. The number of carbonyl (C=O) groups excluding carboxylic acids is 6. The number of nitrogens with two attached hydrogens (primary N) is 1. The third-order valence-corrected chi connectivity index (χ3v) is 11.3. The fourth-order valence-corrected chi connectivity index (χ4v) is 8.08.